The molecular formula is C28H34N4O3. The summed E-state index contributed by atoms with van der Waals surface area (Å²) in [5, 5.41) is 13.9. The fourth-order valence-corrected chi connectivity index (χ4v) is 6.32. The average molecular weight is 475 g/mol. The monoisotopic (exact) mass is 474 g/mol. The van der Waals surface area contributed by atoms with Gasteiger partial charge in [0.1, 0.15) is 0 Å². The third-order valence-electron chi connectivity index (χ3n) is 7.80. The maximum Gasteiger partial charge on any atom is 0.317 e. The molecule has 0 saturated carbocycles. The second-order valence-corrected chi connectivity index (χ2v) is 10.4. The van der Waals surface area contributed by atoms with Crippen molar-refractivity contribution in [3.63, 3.8) is 0 Å². The molecule has 1 amide bonds. The van der Waals surface area contributed by atoms with Crippen LogP contribution in [0.1, 0.15) is 34.6 Å². The number of carboxylic acids is 1. The van der Waals surface area contributed by atoms with Crippen LogP contribution in [-0.4, -0.2) is 71.0 Å². The molecule has 0 unspecified atom stereocenters. The van der Waals surface area contributed by atoms with Gasteiger partial charge in [0, 0.05) is 47.8 Å². The lowest BCUT2D eigenvalue weighted by Gasteiger charge is -2.46. The van der Waals surface area contributed by atoms with Crippen LogP contribution in [0.4, 0.5) is 5.69 Å². The van der Waals surface area contributed by atoms with Crippen LogP contribution in [0.2, 0.25) is 0 Å². The highest BCUT2D eigenvalue weighted by Crippen LogP contribution is 2.44. The van der Waals surface area contributed by atoms with Gasteiger partial charge in [-0.3, -0.25) is 14.5 Å². The summed E-state index contributed by atoms with van der Waals surface area (Å²) in [6, 6.07) is 12.8. The van der Waals surface area contributed by atoms with Gasteiger partial charge in [-0.2, -0.15) is 0 Å². The van der Waals surface area contributed by atoms with Crippen LogP contribution in [0.15, 0.2) is 42.6 Å². The number of anilines is 1. The van der Waals surface area contributed by atoms with Crippen molar-refractivity contribution in [1.29, 1.82) is 0 Å². The van der Waals surface area contributed by atoms with Crippen molar-refractivity contribution < 1.29 is 14.7 Å². The number of H-pyrrole nitrogens is 1. The van der Waals surface area contributed by atoms with Crippen LogP contribution in [0.25, 0.3) is 10.9 Å². The van der Waals surface area contributed by atoms with Crippen LogP contribution in [0.3, 0.4) is 0 Å². The molecule has 3 N–H and O–H groups in total. The summed E-state index contributed by atoms with van der Waals surface area (Å²) in [5.41, 5.74) is 6.78. The molecule has 2 aliphatic rings. The van der Waals surface area contributed by atoms with E-state index in [0.29, 0.717) is 18.5 Å². The van der Waals surface area contributed by atoms with Crippen molar-refractivity contribution in [2.24, 2.45) is 5.92 Å². The van der Waals surface area contributed by atoms with Crippen molar-refractivity contribution in [3.05, 3.63) is 64.8 Å². The molecule has 1 aliphatic heterocycles. The number of hydrogen-bond acceptors (Lipinski definition) is 4. The summed E-state index contributed by atoms with van der Waals surface area (Å²) < 4.78 is 0. The normalized spacial score (nSPS) is 21.8. The van der Waals surface area contributed by atoms with E-state index in [4.69, 9.17) is 0 Å². The van der Waals surface area contributed by atoms with Gasteiger partial charge < -0.3 is 20.3 Å². The Morgan fingerprint density at radius 3 is 2.63 bits per heavy atom. The molecule has 1 aromatic heterocycles. The third-order valence-corrected chi connectivity index (χ3v) is 7.80. The summed E-state index contributed by atoms with van der Waals surface area (Å²) in [5.74, 6) is -0.401. The minimum Gasteiger partial charge on any atom is -0.480 e. The van der Waals surface area contributed by atoms with E-state index in [9.17, 15) is 14.7 Å². The number of nitrogens with one attached hydrogen (secondary N) is 2. The zero-order chi connectivity index (χ0) is 24.7. The Bertz CT molecular complexity index is 1250. The smallest absolute Gasteiger partial charge is 0.317 e. The number of carbonyl (C=O) groups excluding carboxylic acids is 1. The molecule has 35 heavy (non-hydrogen) atoms. The second-order valence-electron chi connectivity index (χ2n) is 10.4. The fraction of sp³-hybridized carbons (Fsp3) is 0.429. The second kappa shape index (κ2) is 9.47. The van der Waals surface area contributed by atoms with Gasteiger partial charge >= 0.3 is 5.97 Å². The lowest BCUT2D eigenvalue weighted by Crippen LogP contribution is -2.51. The minimum absolute atomic E-state index is 0.0614. The van der Waals surface area contributed by atoms with E-state index in [0.717, 1.165) is 36.2 Å². The molecule has 3 atom stereocenters. The number of carbonyl (C=O) groups is 2. The Morgan fingerprint density at radius 2 is 1.89 bits per heavy atom. The molecule has 7 nitrogen and oxygen atoms in total. The molecule has 5 rings (SSSR count). The highest BCUT2D eigenvalue weighted by molar-refractivity contribution is 5.94. The number of fused-ring (bicyclic) bond motifs is 2. The average Bonchev–Trinajstić information content (AvgIpc) is 3.21. The highest BCUT2D eigenvalue weighted by Gasteiger charge is 2.39. The van der Waals surface area contributed by atoms with Crippen LogP contribution < -0.4 is 5.32 Å². The highest BCUT2D eigenvalue weighted by atomic mass is 16.4. The van der Waals surface area contributed by atoms with Crippen molar-refractivity contribution in [2.45, 2.75) is 38.6 Å². The van der Waals surface area contributed by atoms with Gasteiger partial charge in [0.2, 0.25) is 5.91 Å². The Hall–Kier alpha value is -3.16. The van der Waals surface area contributed by atoms with Crippen LogP contribution in [0, 0.1) is 19.8 Å². The molecule has 3 aromatic rings. The van der Waals surface area contributed by atoms with Crippen LogP contribution in [-0.2, 0) is 16.0 Å². The van der Waals surface area contributed by atoms with E-state index in [1.165, 1.54) is 22.0 Å². The van der Waals surface area contributed by atoms with E-state index < -0.39 is 5.97 Å². The van der Waals surface area contributed by atoms with E-state index in [1.54, 1.807) is 4.90 Å². The SMILES string of the molecule is Cc1cccc(C)c1NC(=O)CN(CC(=O)O)C[C@@H]1C[C@@H]2c3cccc4[nH]cc(c34)C[C@H]2N(C)C1. The molecule has 0 spiro atoms. The lowest BCUT2D eigenvalue weighted by atomic mass is 9.72. The van der Waals surface area contributed by atoms with Crippen molar-refractivity contribution >= 4 is 28.5 Å². The molecule has 2 heterocycles. The molecule has 1 saturated heterocycles. The van der Waals surface area contributed by atoms with Crippen molar-refractivity contribution in [1.82, 2.24) is 14.8 Å². The van der Waals surface area contributed by atoms with Gasteiger partial charge in [-0.05, 0) is 68.0 Å². The van der Waals surface area contributed by atoms with Crippen molar-refractivity contribution in [3.8, 4) is 0 Å². The van der Waals surface area contributed by atoms with Gasteiger partial charge in [0.05, 0.1) is 13.1 Å². The number of aromatic nitrogens is 1. The van der Waals surface area contributed by atoms with Gasteiger partial charge in [0.15, 0.2) is 0 Å². The topological polar surface area (TPSA) is 88.7 Å². The number of nitrogens with zero attached hydrogens (tertiary/aromatic N) is 2. The first kappa shape index (κ1) is 23.6. The number of likely N-dealkylation sites (N-methyl/N-ethyl adjacent to an activating group) is 1. The minimum atomic E-state index is -0.911. The number of likely N-dealkylation sites (tertiary alicyclic amines) is 1. The van der Waals surface area contributed by atoms with Gasteiger partial charge in [-0.1, -0.05) is 30.3 Å². The largest absolute Gasteiger partial charge is 0.480 e. The predicted molar refractivity (Wildman–Crippen MR) is 138 cm³/mol. The van der Waals surface area contributed by atoms with Gasteiger partial charge in [-0.25, -0.2) is 0 Å². The number of benzene rings is 2. The Kier molecular flexibility index (Phi) is 6.38. The van der Waals surface area contributed by atoms with E-state index in [2.05, 4.69) is 46.6 Å². The standard InChI is InChI=1S/C28H34N4O3/c1-17-6-4-7-18(2)28(17)30-25(33)15-32(16-26(34)35)14-19-10-22-21-8-5-9-23-27(21)20(12-29-23)11-24(22)31(3)13-19/h4-9,12,19,22,24,29H,10-11,13-16H2,1-3H3,(H,30,33)(H,34,35)/t19-,22-,24-/m1/s1. The van der Waals surface area contributed by atoms with E-state index >= 15 is 0 Å². The molecule has 1 aliphatic carbocycles. The zero-order valence-electron chi connectivity index (χ0n) is 20.7. The number of carboxylic acid groups (broad SMARTS) is 1. The number of piperidine rings is 1. The maximum atomic E-state index is 12.9. The maximum absolute atomic E-state index is 12.9. The number of aryl methyl sites for hydroxylation is 2. The van der Waals surface area contributed by atoms with E-state index in [-0.39, 0.29) is 24.9 Å². The van der Waals surface area contributed by atoms with Crippen LogP contribution in [0.5, 0.6) is 0 Å². The number of aliphatic carboxylic acids is 1. The summed E-state index contributed by atoms with van der Waals surface area (Å²) in [4.78, 5) is 32.2. The number of amides is 1. The molecule has 0 bridgehead atoms. The fourth-order valence-electron chi connectivity index (χ4n) is 6.32. The van der Waals surface area contributed by atoms with Gasteiger partial charge in [-0.15, -0.1) is 0 Å². The summed E-state index contributed by atoms with van der Waals surface area (Å²) >= 11 is 0. The molecule has 0 radical (unpaired) electrons. The van der Waals surface area contributed by atoms with Crippen LogP contribution >= 0.6 is 0 Å². The Labute approximate surface area is 206 Å². The van der Waals surface area contributed by atoms with Crippen molar-refractivity contribution in [2.75, 3.05) is 38.5 Å². The summed E-state index contributed by atoms with van der Waals surface area (Å²) in [6.45, 7) is 5.32. The first-order chi connectivity index (χ1) is 16.8. The molecular weight excluding hydrogens is 440 g/mol. The number of rotatable bonds is 7. The summed E-state index contributed by atoms with van der Waals surface area (Å²) in [6.07, 6.45) is 4.17. The molecule has 1 fully saturated rings. The predicted octanol–water partition coefficient (Wildman–Crippen LogP) is 3.77. The first-order valence-corrected chi connectivity index (χ1v) is 12.4. The lowest BCUT2D eigenvalue weighted by molar-refractivity contribution is -0.138. The number of aromatic amines is 1. The first-order valence-electron chi connectivity index (χ1n) is 12.4. The molecule has 7 heteroatoms. The third kappa shape index (κ3) is 4.70. The number of para-hydroxylation sites is 1. The van der Waals surface area contributed by atoms with E-state index in [1.807, 2.05) is 32.0 Å². The Balaban J connectivity index is 1.31. The zero-order valence-corrected chi connectivity index (χ0v) is 20.7. The molecule has 184 valence electrons. The number of hydrogen-bond donors (Lipinski definition) is 3. The van der Waals surface area contributed by atoms with Gasteiger partial charge in [0.25, 0.3) is 0 Å². The quantitative estimate of drug-likeness (QED) is 0.485. The molecule has 2 aromatic carbocycles. The summed E-state index contributed by atoms with van der Waals surface area (Å²) in [7, 11) is 2.18. The Morgan fingerprint density at radius 1 is 1.14 bits per heavy atom.